The number of esters is 1. The third-order valence-corrected chi connectivity index (χ3v) is 4.14. The van der Waals surface area contributed by atoms with E-state index in [-0.39, 0.29) is 18.8 Å². The molecule has 0 aromatic heterocycles. The number of hydrogen-bond donors (Lipinski definition) is 0. The third kappa shape index (κ3) is 6.32. The summed E-state index contributed by atoms with van der Waals surface area (Å²) in [5, 5.41) is 2.06. The molecule has 2 rings (SSSR count). The Hall–Kier alpha value is -2.68. The summed E-state index contributed by atoms with van der Waals surface area (Å²) >= 11 is 0. The van der Waals surface area contributed by atoms with Gasteiger partial charge in [-0.1, -0.05) is 53.6 Å². The van der Waals surface area contributed by atoms with Crippen molar-refractivity contribution in [2.45, 2.75) is 40.0 Å². The number of hydrogen-bond acceptors (Lipinski definition) is 3. The van der Waals surface area contributed by atoms with Gasteiger partial charge in [0.05, 0.1) is 0 Å². The molecule has 0 amide bonds. The summed E-state index contributed by atoms with van der Waals surface area (Å²) in [6, 6.07) is 13.3. The molecule has 0 fully saturated rings. The molecule has 0 aliphatic rings. The molecule has 0 bridgehead atoms. The van der Waals surface area contributed by atoms with Crippen LogP contribution in [0.15, 0.2) is 65.8 Å². The van der Waals surface area contributed by atoms with E-state index >= 15 is 0 Å². The minimum Gasteiger partial charge on any atom is -0.461 e. The number of carbonyl (C=O) groups is 2. The van der Waals surface area contributed by atoms with Crippen molar-refractivity contribution >= 4 is 22.5 Å². The van der Waals surface area contributed by atoms with E-state index in [4.69, 9.17) is 4.74 Å². The van der Waals surface area contributed by atoms with Gasteiger partial charge in [-0.05, 0) is 56.5 Å². The average Bonchev–Trinajstić information content (AvgIpc) is 2.61. The lowest BCUT2D eigenvalue weighted by molar-refractivity contribution is -0.141. The van der Waals surface area contributed by atoms with Crippen LogP contribution in [0.1, 0.15) is 50.4 Å². The van der Waals surface area contributed by atoms with Crippen LogP contribution in [0.25, 0.3) is 10.8 Å². The van der Waals surface area contributed by atoms with Gasteiger partial charge in [-0.2, -0.15) is 0 Å². The first-order valence-corrected chi connectivity index (χ1v) is 8.92. The zero-order valence-electron chi connectivity index (χ0n) is 15.7. The molecular weight excluding hydrogens is 324 g/mol. The maximum absolute atomic E-state index is 12.3. The third-order valence-electron chi connectivity index (χ3n) is 4.14. The Kier molecular flexibility index (Phi) is 7.34. The van der Waals surface area contributed by atoms with Gasteiger partial charge < -0.3 is 4.74 Å². The minimum atomic E-state index is -0.489. The first-order chi connectivity index (χ1) is 12.5. The van der Waals surface area contributed by atoms with Gasteiger partial charge in [0.2, 0.25) is 0 Å². The van der Waals surface area contributed by atoms with Crippen molar-refractivity contribution in [3.63, 3.8) is 0 Å². The van der Waals surface area contributed by atoms with E-state index < -0.39 is 5.97 Å². The Balaban J connectivity index is 1.82. The van der Waals surface area contributed by atoms with Crippen molar-refractivity contribution in [2.24, 2.45) is 0 Å². The molecule has 0 unspecified atom stereocenters. The molecule has 0 aliphatic heterocycles. The molecule has 0 N–H and O–H groups in total. The molecule has 2 aromatic carbocycles. The lowest BCUT2D eigenvalue weighted by Gasteiger charge is -2.05. The molecule has 0 spiro atoms. The summed E-state index contributed by atoms with van der Waals surface area (Å²) in [4.78, 5) is 24.2. The molecule has 3 nitrogen and oxygen atoms in total. The predicted octanol–water partition coefficient (Wildman–Crippen LogP) is 5.65. The molecular formula is C23H26O3. The Morgan fingerprint density at radius 2 is 1.69 bits per heavy atom. The number of rotatable bonds is 8. The van der Waals surface area contributed by atoms with E-state index in [9.17, 15) is 9.59 Å². The van der Waals surface area contributed by atoms with E-state index in [0.717, 1.165) is 23.6 Å². The second kappa shape index (κ2) is 9.71. The first kappa shape index (κ1) is 19.6. The second-order valence-electron chi connectivity index (χ2n) is 6.72. The van der Waals surface area contributed by atoms with Gasteiger partial charge in [0.15, 0.2) is 5.78 Å². The lowest BCUT2D eigenvalue weighted by Crippen LogP contribution is -2.11. The van der Waals surface area contributed by atoms with E-state index in [1.165, 1.54) is 11.1 Å². The fourth-order valence-electron chi connectivity index (χ4n) is 2.61. The maximum Gasteiger partial charge on any atom is 0.314 e. The van der Waals surface area contributed by atoms with Crippen LogP contribution in [0, 0.1) is 0 Å². The molecule has 0 radical (unpaired) electrons. The Bertz CT molecular complexity index is 839. The Labute approximate surface area is 155 Å². The molecule has 0 saturated carbocycles. The summed E-state index contributed by atoms with van der Waals surface area (Å²) in [6.07, 6.45) is 5.78. The summed E-state index contributed by atoms with van der Waals surface area (Å²) in [5.74, 6) is -0.707. The van der Waals surface area contributed by atoms with Crippen molar-refractivity contribution in [2.75, 3.05) is 6.61 Å². The number of carbonyl (C=O) groups excluding carboxylic acids is 2. The summed E-state index contributed by atoms with van der Waals surface area (Å²) in [6.45, 7) is 6.39. The first-order valence-electron chi connectivity index (χ1n) is 8.92. The van der Waals surface area contributed by atoms with Crippen molar-refractivity contribution < 1.29 is 14.3 Å². The van der Waals surface area contributed by atoms with Crippen LogP contribution in [-0.4, -0.2) is 18.4 Å². The Morgan fingerprint density at radius 1 is 0.962 bits per heavy atom. The van der Waals surface area contributed by atoms with E-state index in [0.29, 0.717) is 5.56 Å². The second-order valence-corrected chi connectivity index (χ2v) is 6.72. The van der Waals surface area contributed by atoms with Crippen LogP contribution >= 0.6 is 0 Å². The van der Waals surface area contributed by atoms with Gasteiger partial charge in [0.25, 0.3) is 0 Å². The average molecular weight is 350 g/mol. The fraction of sp³-hybridized carbons (Fsp3) is 0.304. The molecule has 0 saturated heterocycles. The molecule has 0 atom stereocenters. The van der Waals surface area contributed by atoms with Crippen molar-refractivity contribution in [1.29, 1.82) is 0 Å². The molecule has 26 heavy (non-hydrogen) atoms. The monoisotopic (exact) mass is 350 g/mol. The highest BCUT2D eigenvalue weighted by Gasteiger charge is 2.13. The predicted molar refractivity (Wildman–Crippen MR) is 106 cm³/mol. The van der Waals surface area contributed by atoms with Gasteiger partial charge >= 0.3 is 5.97 Å². The normalized spacial score (nSPS) is 11.3. The summed E-state index contributed by atoms with van der Waals surface area (Å²) in [7, 11) is 0. The van der Waals surface area contributed by atoms with E-state index in [2.05, 4.69) is 19.9 Å². The molecule has 2 aromatic rings. The number of Topliss-reactive ketones (excluding diaryl/α,β-unsaturated/α-hetero) is 1. The zero-order valence-corrected chi connectivity index (χ0v) is 15.7. The van der Waals surface area contributed by atoms with Crippen molar-refractivity contribution in [3.8, 4) is 0 Å². The van der Waals surface area contributed by atoms with Crippen LogP contribution in [0.4, 0.5) is 0 Å². The largest absolute Gasteiger partial charge is 0.461 e. The SMILES string of the molecule is CC(C)=CCCC(C)=CCOC(=O)CC(=O)c1ccc2ccccc2c1. The molecule has 3 heteroatoms. The fourth-order valence-corrected chi connectivity index (χ4v) is 2.61. The van der Waals surface area contributed by atoms with Crippen molar-refractivity contribution in [3.05, 3.63) is 71.3 Å². The van der Waals surface area contributed by atoms with E-state index in [1.807, 2.05) is 49.4 Å². The molecule has 0 heterocycles. The highest BCUT2D eigenvalue weighted by Crippen LogP contribution is 2.17. The standard InChI is InChI=1S/C23H26O3/c1-17(2)7-6-8-18(3)13-14-26-23(25)16-22(24)21-12-11-19-9-4-5-10-20(19)15-21/h4-5,7,9-13,15H,6,8,14,16H2,1-3H3. The minimum absolute atomic E-state index is 0.213. The summed E-state index contributed by atoms with van der Waals surface area (Å²) < 4.78 is 5.17. The number of ketones is 1. The van der Waals surface area contributed by atoms with Crippen molar-refractivity contribution in [1.82, 2.24) is 0 Å². The van der Waals surface area contributed by atoms with Gasteiger partial charge in [-0.3, -0.25) is 9.59 Å². The number of allylic oxidation sites excluding steroid dienone is 3. The van der Waals surface area contributed by atoms with Crippen LogP contribution < -0.4 is 0 Å². The Morgan fingerprint density at radius 3 is 2.42 bits per heavy atom. The quantitative estimate of drug-likeness (QED) is 0.267. The smallest absolute Gasteiger partial charge is 0.314 e. The number of benzene rings is 2. The van der Waals surface area contributed by atoms with Gasteiger partial charge in [-0.25, -0.2) is 0 Å². The molecule has 0 aliphatic carbocycles. The van der Waals surface area contributed by atoms with Gasteiger partial charge in [0, 0.05) is 5.56 Å². The lowest BCUT2D eigenvalue weighted by atomic mass is 10.0. The molecule has 136 valence electrons. The van der Waals surface area contributed by atoms with Crippen LogP contribution in [0.3, 0.4) is 0 Å². The maximum atomic E-state index is 12.3. The van der Waals surface area contributed by atoms with Crippen LogP contribution in [0.2, 0.25) is 0 Å². The zero-order chi connectivity index (χ0) is 18.9. The topological polar surface area (TPSA) is 43.4 Å². The number of fused-ring (bicyclic) bond motifs is 1. The van der Waals surface area contributed by atoms with Gasteiger partial charge in [0.1, 0.15) is 13.0 Å². The highest BCUT2D eigenvalue weighted by molar-refractivity contribution is 6.07. The van der Waals surface area contributed by atoms with Gasteiger partial charge in [-0.15, -0.1) is 0 Å². The highest BCUT2D eigenvalue weighted by atomic mass is 16.5. The van der Waals surface area contributed by atoms with Crippen LogP contribution in [0.5, 0.6) is 0 Å². The summed E-state index contributed by atoms with van der Waals surface area (Å²) in [5.41, 5.74) is 3.02. The van der Waals surface area contributed by atoms with Crippen LogP contribution in [-0.2, 0) is 9.53 Å². The number of ether oxygens (including phenoxy) is 1. The van der Waals surface area contributed by atoms with E-state index in [1.54, 1.807) is 6.07 Å².